The van der Waals surface area contributed by atoms with Gasteiger partial charge in [0.25, 0.3) is 11.6 Å². The molecule has 1 atom stereocenters. The number of nitriles is 1. The zero-order chi connectivity index (χ0) is 24.1. The molecule has 0 bridgehead atoms. The van der Waals surface area contributed by atoms with Crippen LogP contribution in [0.3, 0.4) is 0 Å². The van der Waals surface area contributed by atoms with E-state index in [1.165, 1.54) is 18.3 Å². The highest BCUT2D eigenvalue weighted by Gasteiger charge is 2.26. The number of amides is 1. The Kier molecular flexibility index (Phi) is 7.40. The van der Waals surface area contributed by atoms with Gasteiger partial charge in [-0.25, -0.2) is 9.59 Å². The lowest BCUT2D eigenvalue weighted by molar-refractivity contribution is -0.384. The minimum atomic E-state index is -1.26. The number of nitro benzene ring substituents is 1. The molecule has 10 nitrogen and oxygen atoms in total. The lowest BCUT2D eigenvalue weighted by atomic mass is 10.1. The standard InChI is InChI=1S/C22H21N3O7S/c1-12(19(26)24-20-17(11-23)16-6-4-3-5-7-18(16)33-20)32-22(28)14-8-13(21(27)31-2)9-15(10-14)25(29)30/h8-10,12H,3-7H2,1-2H3,(H,24,26). The van der Waals surface area contributed by atoms with Gasteiger partial charge in [0.2, 0.25) is 0 Å². The van der Waals surface area contributed by atoms with Crippen LogP contribution in [0.1, 0.15) is 62.9 Å². The van der Waals surface area contributed by atoms with Gasteiger partial charge in [0.15, 0.2) is 6.10 Å². The summed E-state index contributed by atoms with van der Waals surface area (Å²) in [6.07, 6.45) is 3.48. The number of nitrogens with one attached hydrogen (secondary N) is 1. The highest BCUT2D eigenvalue weighted by molar-refractivity contribution is 7.16. The number of non-ortho nitro benzene ring substituents is 1. The maximum absolute atomic E-state index is 12.7. The highest BCUT2D eigenvalue weighted by Crippen LogP contribution is 2.37. The van der Waals surface area contributed by atoms with Gasteiger partial charge in [0.05, 0.1) is 28.7 Å². The summed E-state index contributed by atoms with van der Waals surface area (Å²) in [4.78, 5) is 48.4. The van der Waals surface area contributed by atoms with Crippen LogP contribution in [0.2, 0.25) is 0 Å². The van der Waals surface area contributed by atoms with Crippen LogP contribution < -0.4 is 5.32 Å². The quantitative estimate of drug-likeness (QED) is 0.290. The predicted octanol–water partition coefficient (Wildman–Crippen LogP) is 3.77. The SMILES string of the molecule is COC(=O)c1cc(C(=O)OC(C)C(=O)Nc2sc3c(c2C#N)CCCCC3)cc([N+](=O)[O-])c1. The molecule has 11 heteroatoms. The second kappa shape index (κ2) is 10.2. The second-order valence-corrected chi connectivity index (χ2v) is 8.54. The summed E-state index contributed by atoms with van der Waals surface area (Å²) in [7, 11) is 1.10. The van der Waals surface area contributed by atoms with Crippen LogP contribution in [-0.2, 0) is 27.1 Å². The molecule has 3 rings (SSSR count). The van der Waals surface area contributed by atoms with Crippen LogP contribution >= 0.6 is 11.3 Å². The summed E-state index contributed by atoms with van der Waals surface area (Å²) in [5.74, 6) is -2.52. The summed E-state index contributed by atoms with van der Waals surface area (Å²) in [6.45, 7) is 1.34. The van der Waals surface area contributed by atoms with Crippen molar-refractivity contribution < 1.29 is 28.8 Å². The minimum Gasteiger partial charge on any atom is -0.465 e. The molecule has 0 aliphatic heterocycles. The zero-order valence-electron chi connectivity index (χ0n) is 18.0. The Hall–Kier alpha value is -3.78. The second-order valence-electron chi connectivity index (χ2n) is 7.43. The molecule has 1 aliphatic carbocycles. The summed E-state index contributed by atoms with van der Waals surface area (Å²) < 4.78 is 9.72. The van der Waals surface area contributed by atoms with Crippen molar-refractivity contribution in [3.05, 3.63) is 55.4 Å². The van der Waals surface area contributed by atoms with E-state index in [1.54, 1.807) is 0 Å². The highest BCUT2D eigenvalue weighted by atomic mass is 32.1. The van der Waals surface area contributed by atoms with E-state index < -0.39 is 34.6 Å². The number of carbonyl (C=O) groups excluding carboxylic acids is 3. The van der Waals surface area contributed by atoms with Crippen LogP contribution in [-0.4, -0.2) is 36.0 Å². The average molecular weight is 471 g/mol. The Labute approximate surface area is 193 Å². The molecule has 0 spiro atoms. The van der Waals surface area contributed by atoms with Crippen molar-refractivity contribution in [1.29, 1.82) is 5.26 Å². The number of aryl methyl sites for hydroxylation is 1. The molecule has 1 aromatic heterocycles. The van der Waals surface area contributed by atoms with E-state index in [9.17, 15) is 29.8 Å². The van der Waals surface area contributed by atoms with Gasteiger partial charge < -0.3 is 14.8 Å². The first-order chi connectivity index (χ1) is 15.7. The molecule has 0 saturated carbocycles. The Morgan fingerprint density at radius 1 is 1.15 bits per heavy atom. The Balaban J connectivity index is 1.76. The molecule has 1 aromatic carbocycles. The van der Waals surface area contributed by atoms with Crippen molar-refractivity contribution in [2.75, 3.05) is 12.4 Å². The number of fused-ring (bicyclic) bond motifs is 1. The number of nitrogens with zero attached hydrogens (tertiary/aromatic N) is 2. The number of thiophene rings is 1. The molecular formula is C22H21N3O7S. The number of hydrogen-bond acceptors (Lipinski definition) is 9. The number of benzene rings is 1. The molecule has 33 heavy (non-hydrogen) atoms. The Bertz CT molecular complexity index is 1170. The summed E-state index contributed by atoms with van der Waals surface area (Å²) >= 11 is 1.35. The van der Waals surface area contributed by atoms with Crippen molar-refractivity contribution in [2.45, 2.75) is 45.1 Å². The average Bonchev–Trinajstić information content (AvgIpc) is 2.96. The molecule has 1 unspecified atom stereocenters. The van der Waals surface area contributed by atoms with Crippen molar-refractivity contribution in [1.82, 2.24) is 0 Å². The van der Waals surface area contributed by atoms with Gasteiger partial charge in [-0.05, 0) is 44.2 Å². The lowest BCUT2D eigenvalue weighted by Crippen LogP contribution is -2.30. The zero-order valence-corrected chi connectivity index (χ0v) is 18.8. The normalized spacial score (nSPS) is 13.6. The van der Waals surface area contributed by atoms with Gasteiger partial charge in [-0.2, -0.15) is 5.26 Å². The predicted molar refractivity (Wildman–Crippen MR) is 118 cm³/mol. The van der Waals surface area contributed by atoms with Crippen molar-refractivity contribution in [3.8, 4) is 6.07 Å². The van der Waals surface area contributed by atoms with Crippen LogP contribution in [0.15, 0.2) is 18.2 Å². The van der Waals surface area contributed by atoms with Gasteiger partial charge in [0.1, 0.15) is 11.1 Å². The fraction of sp³-hybridized carbons (Fsp3) is 0.364. The molecule has 1 N–H and O–H groups in total. The number of nitro groups is 1. The molecule has 2 aromatic rings. The maximum atomic E-state index is 12.7. The number of anilines is 1. The van der Waals surface area contributed by atoms with Crippen molar-refractivity contribution in [2.24, 2.45) is 0 Å². The van der Waals surface area contributed by atoms with Gasteiger partial charge in [0, 0.05) is 17.0 Å². The molecule has 0 fully saturated rings. The van der Waals surface area contributed by atoms with E-state index in [1.807, 2.05) is 0 Å². The molecule has 0 saturated heterocycles. The van der Waals surface area contributed by atoms with E-state index in [4.69, 9.17) is 4.74 Å². The van der Waals surface area contributed by atoms with Crippen molar-refractivity contribution in [3.63, 3.8) is 0 Å². The van der Waals surface area contributed by atoms with E-state index in [2.05, 4.69) is 16.1 Å². The molecule has 1 aliphatic rings. The first kappa shape index (κ1) is 23.9. The van der Waals surface area contributed by atoms with E-state index in [0.717, 1.165) is 67.9 Å². The van der Waals surface area contributed by atoms with Crippen LogP contribution in [0.25, 0.3) is 0 Å². The molecule has 1 amide bonds. The molecule has 1 heterocycles. The smallest absolute Gasteiger partial charge is 0.339 e. The summed E-state index contributed by atoms with van der Waals surface area (Å²) in [6, 6.07) is 5.18. The fourth-order valence-corrected chi connectivity index (χ4v) is 4.76. The number of carbonyl (C=O) groups is 3. The Morgan fingerprint density at radius 2 is 1.82 bits per heavy atom. The van der Waals surface area contributed by atoms with Crippen LogP contribution in [0.5, 0.6) is 0 Å². The van der Waals surface area contributed by atoms with E-state index >= 15 is 0 Å². The number of hydrogen-bond donors (Lipinski definition) is 1. The van der Waals surface area contributed by atoms with Gasteiger partial charge in [-0.1, -0.05) is 6.42 Å². The van der Waals surface area contributed by atoms with E-state index in [-0.39, 0.29) is 11.1 Å². The van der Waals surface area contributed by atoms with Crippen molar-refractivity contribution >= 4 is 39.9 Å². The van der Waals surface area contributed by atoms with Gasteiger partial charge >= 0.3 is 11.9 Å². The summed E-state index contributed by atoms with van der Waals surface area (Å²) in [5.41, 5.74) is 0.428. The van der Waals surface area contributed by atoms with Gasteiger partial charge in [-0.15, -0.1) is 11.3 Å². The number of esters is 2. The third kappa shape index (κ3) is 5.35. The first-order valence-electron chi connectivity index (χ1n) is 10.2. The molecule has 172 valence electrons. The maximum Gasteiger partial charge on any atom is 0.339 e. The number of methoxy groups -OCH3 is 1. The Morgan fingerprint density at radius 3 is 2.45 bits per heavy atom. The third-order valence-corrected chi connectivity index (χ3v) is 6.42. The first-order valence-corrected chi connectivity index (χ1v) is 11.0. The number of ether oxygens (including phenoxy) is 2. The van der Waals surface area contributed by atoms with E-state index in [0.29, 0.717) is 10.6 Å². The lowest BCUT2D eigenvalue weighted by Gasteiger charge is -2.13. The van der Waals surface area contributed by atoms with Crippen LogP contribution in [0, 0.1) is 21.4 Å². The third-order valence-electron chi connectivity index (χ3n) is 5.21. The molecular weight excluding hydrogens is 450 g/mol. The summed E-state index contributed by atoms with van der Waals surface area (Å²) in [5, 5.41) is 23.8. The molecule has 0 radical (unpaired) electrons. The topological polar surface area (TPSA) is 149 Å². The fourth-order valence-electron chi connectivity index (χ4n) is 3.51. The largest absolute Gasteiger partial charge is 0.465 e. The van der Waals surface area contributed by atoms with Gasteiger partial charge in [-0.3, -0.25) is 14.9 Å². The monoisotopic (exact) mass is 471 g/mol. The number of rotatable bonds is 6. The minimum absolute atomic E-state index is 0.200. The van der Waals surface area contributed by atoms with Crippen LogP contribution in [0.4, 0.5) is 10.7 Å².